The molecular weight excluding hydrogens is 374 g/mol. The zero-order valence-electron chi connectivity index (χ0n) is 15.6. The first-order valence-corrected chi connectivity index (χ1v) is 10.5. The van der Waals surface area contributed by atoms with Gasteiger partial charge in [0, 0.05) is 33.8 Å². The molecule has 0 amide bonds. The molecule has 0 unspecified atom stereocenters. The molecule has 4 heteroatoms. The van der Waals surface area contributed by atoms with E-state index in [1.54, 1.807) is 11.3 Å². The molecule has 0 N–H and O–H groups in total. The lowest BCUT2D eigenvalue weighted by Crippen LogP contribution is -2.02. The van der Waals surface area contributed by atoms with E-state index >= 15 is 0 Å². The summed E-state index contributed by atoms with van der Waals surface area (Å²) in [5.41, 5.74) is 4.61. The lowest BCUT2D eigenvalue weighted by atomic mass is 10.1. The van der Waals surface area contributed by atoms with Crippen molar-refractivity contribution in [1.29, 1.82) is 0 Å². The fourth-order valence-electron chi connectivity index (χ4n) is 4.02. The summed E-state index contributed by atoms with van der Waals surface area (Å²) in [7, 11) is 0. The molecule has 0 atom stereocenters. The Morgan fingerprint density at radius 2 is 1.59 bits per heavy atom. The Hall–Kier alpha value is -3.50. The minimum Gasteiger partial charge on any atom is -0.319 e. The van der Waals surface area contributed by atoms with Gasteiger partial charge in [-0.15, -0.1) is 11.3 Å². The van der Waals surface area contributed by atoms with E-state index in [9.17, 15) is 0 Å². The Kier molecular flexibility index (Phi) is 3.71. The van der Waals surface area contributed by atoms with Crippen LogP contribution in [0.15, 0.2) is 91.1 Å². The highest BCUT2D eigenvalue weighted by molar-refractivity contribution is 7.26. The third-order valence-corrected chi connectivity index (χ3v) is 6.52. The third kappa shape index (κ3) is 2.64. The van der Waals surface area contributed by atoms with Crippen LogP contribution >= 0.6 is 11.3 Å². The van der Waals surface area contributed by atoms with Crippen molar-refractivity contribution in [3.63, 3.8) is 0 Å². The summed E-state index contributed by atoms with van der Waals surface area (Å²) < 4.78 is 3.57. The highest BCUT2D eigenvalue weighted by Crippen LogP contribution is 2.39. The molecule has 6 aromatic rings. The lowest BCUT2D eigenvalue weighted by Gasteiger charge is -2.10. The van der Waals surface area contributed by atoms with E-state index in [2.05, 4.69) is 88.4 Å². The van der Waals surface area contributed by atoms with Gasteiger partial charge in [-0.2, -0.15) is 0 Å². The largest absolute Gasteiger partial charge is 0.319 e. The lowest BCUT2D eigenvalue weighted by molar-refractivity contribution is 0.835. The molecule has 0 spiro atoms. The molecule has 3 nitrogen and oxygen atoms in total. The number of pyridine rings is 1. The van der Waals surface area contributed by atoms with Gasteiger partial charge in [-0.1, -0.05) is 54.6 Å². The quantitative estimate of drug-likeness (QED) is 0.344. The molecule has 0 aliphatic rings. The maximum atomic E-state index is 5.05. The number of aromatic nitrogens is 3. The maximum Gasteiger partial charge on any atom is 0.142 e. The highest BCUT2D eigenvalue weighted by Gasteiger charge is 2.17. The van der Waals surface area contributed by atoms with Gasteiger partial charge in [-0.05, 0) is 35.9 Å². The fraction of sp³-hybridized carbons (Fsp3) is 0.0400. The molecule has 0 saturated carbocycles. The van der Waals surface area contributed by atoms with Crippen molar-refractivity contribution in [1.82, 2.24) is 14.5 Å². The van der Waals surface area contributed by atoms with Crippen LogP contribution in [0, 0.1) is 0 Å². The molecule has 0 aliphatic carbocycles. The average molecular weight is 391 g/mol. The van der Waals surface area contributed by atoms with Crippen LogP contribution in [0.3, 0.4) is 0 Å². The van der Waals surface area contributed by atoms with Crippen molar-refractivity contribution in [3.05, 3.63) is 96.7 Å². The van der Waals surface area contributed by atoms with Crippen molar-refractivity contribution in [2.75, 3.05) is 0 Å². The number of nitrogens with zero attached hydrogens (tertiary/aromatic N) is 3. The van der Waals surface area contributed by atoms with Crippen LogP contribution in [0.2, 0.25) is 0 Å². The number of hydrogen-bond acceptors (Lipinski definition) is 3. The van der Waals surface area contributed by atoms with E-state index in [1.165, 1.54) is 21.0 Å². The molecule has 3 aromatic heterocycles. The number of para-hydroxylation sites is 2. The number of benzene rings is 3. The second-order valence-corrected chi connectivity index (χ2v) is 8.14. The normalized spacial score (nSPS) is 11.6. The second kappa shape index (κ2) is 6.54. The molecular formula is C25H17N3S. The Bertz CT molecular complexity index is 1480. The van der Waals surface area contributed by atoms with Crippen molar-refractivity contribution in [2.45, 2.75) is 6.54 Å². The predicted octanol–water partition coefficient (Wildman–Crippen LogP) is 6.51. The van der Waals surface area contributed by atoms with Gasteiger partial charge in [0.05, 0.1) is 11.0 Å². The van der Waals surface area contributed by atoms with Gasteiger partial charge in [0.1, 0.15) is 10.7 Å². The number of thiophene rings is 1. The van der Waals surface area contributed by atoms with Gasteiger partial charge >= 0.3 is 0 Å². The standard InChI is InChI=1S/C25H17N3S/c1-2-8-17(9-3-1)16-28-22-14-5-4-13-21(22)27-24(28)20-11-6-10-18-19-12-7-15-26-25(19)29-23(18)20/h1-15H,16H2. The molecule has 6 rings (SSSR count). The minimum absolute atomic E-state index is 0.788. The van der Waals surface area contributed by atoms with Gasteiger partial charge in [-0.3, -0.25) is 0 Å². The molecule has 138 valence electrons. The van der Waals surface area contributed by atoms with E-state index in [-0.39, 0.29) is 0 Å². The first-order chi connectivity index (χ1) is 14.4. The molecule has 0 aliphatic heterocycles. The van der Waals surface area contributed by atoms with Gasteiger partial charge in [0.15, 0.2) is 0 Å². The van der Waals surface area contributed by atoms with E-state index < -0.39 is 0 Å². The summed E-state index contributed by atoms with van der Waals surface area (Å²) >= 11 is 1.74. The Balaban J connectivity index is 1.65. The van der Waals surface area contributed by atoms with Crippen molar-refractivity contribution in [2.24, 2.45) is 0 Å². The molecule has 3 heterocycles. The number of hydrogen-bond donors (Lipinski definition) is 0. The summed E-state index contributed by atoms with van der Waals surface area (Å²) in [4.78, 5) is 10.7. The van der Waals surface area contributed by atoms with Gasteiger partial charge in [0.2, 0.25) is 0 Å². The Labute approximate surface area is 171 Å². The monoisotopic (exact) mass is 391 g/mol. The first-order valence-electron chi connectivity index (χ1n) is 9.64. The zero-order valence-corrected chi connectivity index (χ0v) is 16.4. The topological polar surface area (TPSA) is 30.7 Å². The first kappa shape index (κ1) is 16.5. The second-order valence-electron chi connectivity index (χ2n) is 7.14. The fourth-order valence-corrected chi connectivity index (χ4v) is 5.17. The van der Waals surface area contributed by atoms with E-state index in [0.29, 0.717) is 0 Å². The summed E-state index contributed by atoms with van der Waals surface area (Å²) in [6.45, 7) is 0.788. The summed E-state index contributed by atoms with van der Waals surface area (Å²) in [6, 6.07) is 29.6. The third-order valence-electron chi connectivity index (χ3n) is 5.35. The molecule has 0 bridgehead atoms. The van der Waals surface area contributed by atoms with Gasteiger partial charge < -0.3 is 4.57 Å². The number of rotatable bonds is 3. The summed E-state index contributed by atoms with van der Waals surface area (Å²) in [5, 5.41) is 2.45. The van der Waals surface area contributed by atoms with Crippen molar-refractivity contribution >= 4 is 42.7 Å². The molecule has 3 aromatic carbocycles. The van der Waals surface area contributed by atoms with Crippen molar-refractivity contribution in [3.8, 4) is 11.4 Å². The van der Waals surface area contributed by atoms with Gasteiger partial charge in [0.25, 0.3) is 0 Å². The molecule has 29 heavy (non-hydrogen) atoms. The van der Waals surface area contributed by atoms with Crippen molar-refractivity contribution < 1.29 is 0 Å². The molecule has 0 fully saturated rings. The summed E-state index contributed by atoms with van der Waals surface area (Å²) in [6.07, 6.45) is 1.86. The minimum atomic E-state index is 0.788. The van der Waals surface area contributed by atoms with Crippen LogP contribution in [0.5, 0.6) is 0 Å². The van der Waals surface area contributed by atoms with Gasteiger partial charge in [-0.25, -0.2) is 9.97 Å². The van der Waals surface area contributed by atoms with E-state index in [0.717, 1.165) is 33.8 Å². The van der Waals surface area contributed by atoms with Crippen LogP contribution in [0.1, 0.15) is 5.56 Å². The Morgan fingerprint density at radius 1 is 0.759 bits per heavy atom. The smallest absolute Gasteiger partial charge is 0.142 e. The highest BCUT2D eigenvalue weighted by atomic mass is 32.1. The van der Waals surface area contributed by atoms with E-state index in [1.807, 2.05) is 12.3 Å². The zero-order chi connectivity index (χ0) is 19.2. The predicted molar refractivity (Wildman–Crippen MR) is 121 cm³/mol. The van der Waals surface area contributed by atoms with Crippen LogP contribution in [0.4, 0.5) is 0 Å². The molecule has 0 radical (unpaired) electrons. The van der Waals surface area contributed by atoms with Crippen LogP contribution in [0.25, 0.3) is 42.7 Å². The van der Waals surface area contributed by atoms with Crippen LogP contribution < -0.4 is 0 Å². The molecule has 0 saturated heterocycles. The maximum absolute atomic E-state index is 5.05. The van der Waals surface area contributed by atoms with E-state index in [4.69, 9.17) is 4.98 Å². The Morgan fingerprint density at radius 3 is 2.52 bits per heavy atom. The summed E-state index contributed by atoms with van der Waals surface area (Å²) in [5.74, 6) is 1.01. The SMILES string of the molecule is c1ccc(Cn2c(-c3cccc4c3sc3ncccc34)nc3ccccc32)cc1. The van der Waals surface area contributed by atoms with Crippen LogP contribution in [-0.2, 0) is 6.54 Å². The number of fused-ring (bicyclic) bond motifs is 4. The number of imidazole rings is 1. The van der Waals surface area contributed by atoms with Crippen LogP contribution in [-0.4, -0.2) is 14.5 Å². The average Bonchev–Trinajstić information content (AvgIpc) is 3.33.